The van der Waals surface area contributed by atoms with Gasteiger partial charge >= 0.3 is 12.1 Å². The number of hydrogen-bond acceptors (Lipinski definition) is 7. The zero-order valence-electron chi connectivity index (χ0n) is 13.7. The highest BCUT2D eigenvalue weighted by molar-refractivity contribution is 7.95. The van der Waals surface area contributed by atoms with E-state index >= 15 is 0 Å². The van der Waals surface area contributed by atoms with Gasteiger partial charge in [0, 0.05) is 32.3 Å². The van der Waals surface area contributed by atoms with Crippen molar-refractivity contribution >= 4 is 41.4 Å². The Morgan fingerprint density at radius 3 is 2.50 bits per heavy atom. The van der Waals surface area contributed by atoms with E-state index in [0.29, 0.717) is 24.1 Å². The van der Waals surface area contributed by atoms with E-state index in [1.54, 1.807) is 20.9 Å². The number of ether oxygens (including phenoxy) is 1. The molecule has 0 aliphatic heterocycles. The maximum absolute atomic E-state index is 11.8. The van der Waals surface area contributed by atoms with E-state index in [1.807, 2.05) is 4.31 Å². The Labute approximate surface area is 141 Å². The molecule has 0 fully saturated rings. The van der Waals surface area contributed by atoms with Crippen LogP contribution in [0.4, 0.5) is 4.79 Å². The minimum absolute atomic E-state index is 0.250. The van der Waals surface area contributed by atoms with Gasteiger partial charge in [-0.2, -0.15) is 0 Å². The first-order valence-corrected chi connectivity index (χ1v) is 8.19. The molecule has 0 aromatic carbocycles. The summed E-state index contributed by atoms with van der Waals surface area (Å²) in [5, 5.41) is 0. The van der Waals surface area contributed by atoms with Gasteiger partial charge < -0.3 is 9.57 Å². The standard InChI is InChI=1S/C13H25N3O4S2/c1-6-19-12(17)7-8-16(9-10(2)3)22-15(5)13(18)20-14-11(4)21/h10H,6-9H2,1-5H3,(H,14,21). The van der Waals surface area contributed by atoms with Gasteiger partial charge in [0.25, 0.3) is 0 Å². The molecule has 0 aromatic heterocycles. The molecule has 0 aliphatic rings. The third-order valence-electron chi connectivity index (χ3n) is 2.22. The van der Waals surface area contributed by atoms with Crippen LogP contribution in [0.5, 0.6) is 0 Å². The number of rotatable bonds is 8. The summed E-state index contributed by atoms with van der Waals surface area (Å²) >= 11 is 5.96. The van der Waals surface area contributed by atoms with Crippen molar-refractivity contribution in [2.45, 2.75) is 34.1 Å². The summed E-state index contributed by atoms with van der Waals surface area (Å²) in [7, 11) is 1.59. The Hall–Kier alpha value is -1.06. The lowest BCUT2D eigenvalue weighted by Gasteiger charge is -2.26. The molecule has 7 nitrogen and oxygen atoms in total. The maximum atomic E-state index is 11.8. The van der Waals surface area contributed by atoms with Crippen molar-refractivity contribution in [2.24, 2.45) is 5.92 Å². The topological polar surface area (TPSA) is 71.1 Å². The highest BCUT2D eigenvalue weighted by atomic mass is 32.2. The fraction of sp³-hybridized carbons (Fsp3) is 0.769. The average molecular weight is 351 g/mol. The monoisotopic (exact) mass is 351 g/mol. The fourth-order valence-electron chi connectivity index (χ4n) is 1.41. The summed E-state index contributed by atoms with van der Waals surface area (Å²) < 4.78 is 8.17. The zero-order chi connectivity index (χ0) is 17.1. The quantitative estimate of drug-likeness (QED) is 0.309. The molecule has 0 saturated heterocycles. The first-order valence-electron chi connectivity index (χ1n) is 7.06. The Balaban J connectivity index is 4.40. The van der Waals surface area contributed by atoms with Gasteiger partial charge in [0.1, 0.15) is 4.99 Å². The predicted octanol–water partition coefficient (Wildman–Crippen LogP) is 2.38. The van der Waals surface area contributed by atoms with Crippen LogP contribution in [0.15, 0.2) is 0 Å². The van der Waals surface area contributed by atoms with E-state index in [4.69, 9.17) is 21.8 Å². The summed E-state index contributed by atoms with van der Waals surface area (Å²) in [6, 6.07) is 0. The second-order valence-corrected chi connectivity index (χ2v) is 6.78. The lowest BCUT2D eigenvalue weighted by molar-refractivity contribution is -0.143. The molecule has 0 spiro atoms. The van der Waals surface area contributed by atoms with E-state index in [-0.39, 0.29) is 12.4 Å². The molecular weight excluding hydrogens is 326 g/mol. The summed E-state index contributed by atoms with van der Waals surface area (Å²) in [5.74, 6) is 0.139. The lowest BCUT2D eigenvalue weighted by Crippen LogP contribution is -2.34. The average Bonchev–Trinajstić information content (AvgIpc) is 2.41. The van der Waals surface area contributed by atoms with E-state index in [0.717, 1.165) is 6.54 Å². The molecule has 0 atom stereocenters. The molecule has 1 N–H and O–H groups in total. The number of carbonyl (C=O) groups is 2. The Morgan fingerprint density at radius 1 is 1.36 bits per heavy atom. The zero-order valence-corrected chi connectivity index (χ0v) is 15.4. The van der Waals surface area contributed by atoms with Crippen LogP contribution >= 0.6 is 24.4 Å². The van der Waals surface area contributed by atoms with Gasteiger partial charge in [0.05, 0.1) is 13.0 Å². The highest BCUT2D eigenvalue weighted by Crippen LogP contribution is 2.17. The van der Waals surface area contributed by atoms with Crippen LogP contribution in [0.1, 0.15) is 34.1 Å². The highest BCUT2D eigenvalue weighted by Gasteiger charge is 2.18. The normalized spacial score (nSPS) is 10.5. The third-order valence-corrected chi connectivity index (χ3v) is 3.26. The molecule has 0 bridgehead atoms. The molecule has 0 heterocycles. The van der Waals surface area contributed by atoms with Crippen LogP contribution in [0.2, 0.25) is 0 Å². The number of nitrogens with one attached hydrogen (secondary N) is 1. The molecule has 0 aromatic rings. The predicted molar refractivity (Wildman–Crippen MR) is 90.9 cm³/mol. The smallest absolute Gasteiger partial charge is 0.444 e. The van der Waals surface area contributed by atoms with Crippen molar-refractivity contribution in [3.05, 3.63) is 0 Å². The number of nitrogens with zero attached hydrogens (tertiary/aromatic N) is 2. The summed E-state index contributed by atoms with van der Waals surface area (Å²) in [4.78, 5) is 28.4. The number of carbonyl (C=O) groups excluding carboxylic acids is 2. The van der Waals surface area contributed by atoms with Crippen molar-refractivity contribution in [3.63, 3.8) is 0 Å². The molecule has 0 rings (SSSR count). The Morgan fingerprint density at radius 2 is 2.00 bits per heavy atom. The minimum atomic E-state index is -0.570. The van der Waals surface area contributed by atoms with E-state index in [1.165, 1.54) is 16.4 Å². The first kappa shape index (κ1) is 20.9. The van der Waals surface area contributed by atoms with Crippen LogP contribution in [-0.2, 0) is 14.4 Å². The van der Waals surface area contributed by atoms with E-state index in [2.05, 4.69) is 19.3 Å². The van der Waals surface area contributed by atoms with Crippen LogP contribution < -0.4 is 5.48 Å². The number of hydrogen-bond donors (Lipinski definition) is 1. The molecule has 0 radical (unpaired) electrons. The first-order chi connectivity index (χ1) is 10.3. The molecular formula is C13H25N3O4S2. The van der Waals surface area contributed by atoms with Crippen molar-refractivity contribution in [2.75, 3.05) is 26.7 Å². The lowest BCUT2D eigenvalue weighted by atomic mass is 10.2. The fourth-order valence-corrected chi connectivity index (χ4v) is 2.44. The molecule has 1 amide bonds. The molecule has 128 valence electrons. The molecule has 0 aliphatic carbocycles. The second kappa shape index (κ2) is 11.5. The van der Waals surface area contributed by atoms with Gasteiger partial charge in [-0.25, -0.2) is 18.9 Å². The third kappa shape index (κ3) is 10.6. The van der Waals surface area contributed by atoms with Crippen LogP contribution in [0.3, 0.4) is 0 Å². The maximum Gasteiger partial charge on any atom is 0.444 e. The van der Waals surface area contributed by atoms with Gasteiger partial charge in [-0.15, -0.1) is 0 Å². The van der Waals surface area contributed by atoms with Crippen molar-refractivity contribution < 1.29 is 19.2 Å². The molecule has 22 heavy (non-hydrogen) atoms. The Bertz CT molecular complexity index is 380. The van der Waals surface area contributed by atoms with Crippen molar-refractivity contribution in [1.29, 1.82) is 0 Å². The Kier molecular flexibility index (Phi) is 10.9. The second-order valence-electron chi connectivity index (χ2n) is 4.94. The number of hydroxylamine groups is 1. The molecule has 0 unspecified atom stereocenters. The molecule has 0 saturated carbocycles. The van der Waals surface area contributed by atoms with E-state index in [9.17, 15) is 9.59 Å². The van der Waals surface area contributed by atoms with Crippen LogP contribution in [0, 0.1) is 5.92 Å². The van der Waals surface area contributed by atoms with Crippen molar-refractivity contribution in [3.8, 4) is 0 Å². The summed E-state index contributed by atoms with van der Waals surface area (Å²) in [6.45, 7) is 9.08. The van der Waals surface area contributed by atoms with E-state index < -0.39 is 6.09 Å². The number of amides is 1. The number of thiocarbonyl (C=S) groups is 1. The van der Waals surface area contributed by atoms with Crippen LogP contribution in [0.25, 0.3) is 0 Å². The van der Waals surface area contributed by atoms with Gasteiger partial charge in [-0.1, -0.05) is 26.1 Å². The summed E-state index contributed by atoms with van der Waals surface area (Å²) in [6.07, 6.45) is -0.299. The molecule has 9 heteroatoms. The van der Waals surface area contributed by atoms with Gasteiger partial charge in [-0.3, -0.25) is 4.79 Å². The minimum Gasteiger partial charge on any atom is -0.466 e. The van der Waals surface area contributed by atoms with Gasteiger partial charge in [-0.05, 0) is 19.8 Å². The van der Waals surface area contributed by atoms with Crippen molar-refractivity contribution in [1.82, 2.24) is 14.1 Å². The van der Waals surface area contributed by atoms with Gasteiger partial charge in [0.15, 0.2) is 0 Å². The van der Waals surface area contributed by atoms with Crippen LogP contribution in [-0.4, -0.2) is 52.4 Å². The SMILES string of the molecule is CCOC(=O)CCN(CC(C)C)SN(C)C(=O)ONC(C)=S. The summed E-state index contributed by atoms with van der Waals surface area (Å²) in [5.41, 5.74) is 2.34. The number of esters is 1. The largest absolute Gasteiger partial charge is 0.466 e. The van der Waals surface area contributed by atoms with Gasteiger partial charge in [0.2, 0.25) is 0 Å².